The SMILES string of the molecule is COc1cc(OC)c(NC(=O)c2cnc3c(cnn3C3CCCC3)c2)cc1Cl. The second-order valence-electron chi connectivity index (χ2n) is 6.81. The first-order chi connectivity index (χ1) is 13.6. The Morgan fingerprint density at radius 3 is 2.61 bits per heavy atom. The van der Waals surface area contributed by atoms with Gasteiger partial charge in [0.2, 0.25) is 0 Å². The van der Waals surface area contributed by atoms with Crippen LogP contribution in [0.5, 0.6) is 11.5 Å². The predicted molar refractivity (Wildman–Crippen MR) is 108 cm³/mol. The largest absolute Gasteiger partial charge is 0.495 e. The van der Waals surface area contributed by atoms with Crippen molar-refractivity contribution in [3.8, 4) is 11.5 Å². The Balaban J connectivity index is 1.60. The van der Waals surface area contributed by atoms with Gasteiger partial charge in [0.05, 0.1) is 42.7 Å². The standard InChI is InChI=1S/C20H21ClN4O3/c1-27-17-9-18(28-2)16(8-15(17)21)24-20(26)13-7-12-11-23-25(19(12)22-10-13)14-5-3-4-6-14/h7-11,14H,3-6H2,1-2H3,(H,24,26). The minimum Gasteiger partial charge on any atom is -0.495 e. The molecule has 1 amide bonds. The lowest BCUT2D eigenvalue weighted by atomic mass is 10.2. The molecule has 1 N–H and O–H groups in total. The number of benzene rings is 1. The molecule has 1 fully saturated rings. The van der Waals surface area contributed by atoms with Crippen LogP contribution >= 0.6 is 11.6 Å². The van der Waals surface area contributed by atoms with Crippen molar-refractivity contribution in [2.45, 2.75) is 31.7 Å². The summed E-state index contributed by atoms with van der Waals surface area (Å²) >= 11 is 6.18. The van der Waals surface area contributed by atoms with Crippen LogP contribution in [0.25, 0.3) is 11.0 Å². The van der Waals surface area contributed by atoms with Crippen molar-refractivity contribution in [1.29, 1.82) is 0 Å². The zero-order valence-electron chi connectivity index (χ0n) is 15.7. The summed E-state index contributed by atoms with van der Waals surface area (Å²) in [5.74, 6) is 0.624. The van der Waals surface area contributed by atoms with E-state index in [1.807, 2.05) is 4.68 Å². The summed E-state index contributed by atoms with van der Waals surface area (Å²) in [4.78, 5) is 17.2. The maximum atomic E-state index is 12.7. The summed E-state index contributed by atoms with van der Waals surface area (Å²) in [7, 11) is 3.04. The third kappa shape index (κ3) is 3.38. The Bertz CT molecular complexity index is 1030. The smallest absolute Gasteiger partial charge is 0.257 e. The van der Waals surface area contributed by atoms with Crippen molar-refractivity contribution in [3.63, 3.8) is 0 Å². The molecule has 0 unspecified atom stereocenters. The van der Waals surface area contributed by atoms with Crippen molar-refractivity contribution in [2.24, 2.45) is 0 Å². The van der Waals surface area contributed by atoms with Crippen LogP contribution in [-0.2, 0) is 0 Å². The molecule has 0 bridgehead atoms. The summed E-state index contributed by atoms with van der Waals surface area (Å²) in [6.07, 6.45) is 8.03. The third-order valence-electron chi connectivity index (χ3n) is 5.09. The van der Waals surface area contributed by atoms with Gasteiger partial charge in [-0.2, -0.15) is 5.10 Å². The molecule has 1 aromatic carbocycles. The van der Waals surface area contributed by atoms with E-state index >= 15 is 0 Å². The minimum absolute atomic E-state index is 0.303. The molecule has 0 atom stereocenters. The van der Waals surface area contributed by atoms with Gasteiger partial charge in [0.1, 0.15) is 11.5 Å². The Morgan fingerprint density at radius 2 is 1.89 bits per heavy atom. The highest BCUT2D eigenvalue weighted by Gasteiger charge is 2.21. The second kappa shape index (κ2) is 7.67. The van der Waals surface area contributed by atoms with Crippen molar-refractivity contribution in [1.82, 2.24) is 14.8 Å². The number of halogens is 1. The van der Waals surface area contributed by atoms with E-state index in [9.17, 15) is 4.79 Å². The van der Waals surface area contributed by atoms with Crippen molar-refractivity contribution < 1.29 is 14.3 Å². The number of nitrogens with zero attached hydrogens (tertiary/aromatic N) is 3. The third-order valence-corrected chi connectivity index (χ3v) is 5.38. The fourth-order valence-corrected chi connectivity index (χ4v) is 3.87. The zero-order valence-corrected chi connectivity index (χ0v) is 16.5. The Kier molecular flexibility index (Phi) is 5.09. The average molecular weight is 401 g/mol. The van der Waals surface area contributed by atoms with Gasteiger partial charge in [0.15, 0.2) is 5.65 Å². The van der Waals surface area contributed by atoms with Crippen LogP contribution in [0.4, 0.5) is 5.69 Å². The highest BCUT2D eigenvalue weighted by Crippen LogP contribution is 2.36. The van der Waals surface area contributed by atoms with Gasteiger partial charge < -0.3 is 14.8 Å². The van der Waals surface area contributed by atoms with Crippen LogP contribution in [0.2, 0.25) is 5.02 Å². The number of carbonyl (C=O) groups excluding carboxylic acids is 1. The molecule has 0 aliphatic heterocycles. The fraction of sp³-hybridized carbons (Fsp3) is 0.350. The monoisotopic (exact) mass is 400 g/mol. The van der Waals surface area contributed by atoms with Gasteiger partial charge in [-0.3, -0.25) is 4.79 Å². The summed E-state index contributed by atoms with van der Waals surface area (Å²) < 4.78 is 12.5. The lowest BCUT2D eigenvalue weighted by Crippen LogP contribution is -2.13. The van der Waals surface area contributed by atoms with Crippen molar-refractivity contribution >= 4 is 34.2 Å². The molecule has 0 spiro atoms. The number of ether oxygens (including phenoxy) is 2. The van der Waals surface area contributed by atoms with E-state index in [4.69, 9.17) is 21.1 Å². The number of methoxy groups -OCH3 is 2. The van der Waals surface area contributed by atoms with E-state index in [0.29, 0.717) is 33.8 Å². The van der Waals surface area contributed by atoms with Crippen LogP contribution < -0.4 is 14.8 Å². The summed E-state index contributed by atoms with van der Waals surface area (Å²) in [6.45, 7) is 0. The first-order valence-corrected chi connectivity index (χ1v) is 9.54. The highest BCUT2D eigenvalue weighted by atomic mass is 35.5. The normalized spacial score (nSPS) is 14.4. The van der Waals surface area contributed by atoms with E-state index in [1.54, 1.807) is 30.6 Å². The lowest BCUT2D eigenvalue weighted by Gasteiger charge is -2.13. The number of rotatable bonds is 5. The molecule has 146 valence electrons. The predicted octanol–water partition coefficient (Wildman–Crippen LogP) is 4.47. The van der Waals surface area contributed by atoms with Gasteiger partial charge >= 0.3 is 0 Å². The molecule has 2 heterocycles. The second-order valence-corrected chi connectivity index (χ2v) is 7.21. The number of nitrogens with one attached hydrogen (secondary N) is 1. The van der Waals surface area contributed by atoms with Crippen molar-refractivity contribution in [3.05, 3.63) is 41.2 Å². The number of anilines is 1. The quantitative estimate of drug-likeness (QED) is 0.683. The summed E-state index contributed by atoms with van der Waals surface area (Å²) in [6, 6.07) is 5.43. The molecular weight excluding hydrogens is 380 g/mol. The Hall–Kier alpha value is -2.80. The molecule has 3 aromatic rings. The number of hydrogen-bond donors (Lipinski definition) is 1. The van der Waals surface area contributed by atoms with Gasteiger partial charge in [-0.15, -0.1) is 0 Å². The number of amides is 1. The number of carbonyl (C=O) groups is 1. The van der Waals surface area contributed by atoms with Crippen LogP contribution in [0.15, 0.2) is 30.6 Å². The van der Waals surface area contributed by atoms with E-state index in [2.05, 4.69) is 15.4 Å². The molecule has 0 radical (unpaired) electrons. The van der Waals surface area contributed by atoms with Gasteiger partial charge in [-0.1, -0.05) is 24.4 Å². The van der Waals surface area contributed by atoms with E-state index < -0.39 is 0 Å². The molecule has 2 aromatic heterocycles. The molecule has 8 heteroatoms. The molecule has 4 rings (SSSR count). The maximum Gasteiger partial charge on any atom is 0.257 e. The number of fused-ring (bicyclic) bond motifs is 1. The highest BCUT2D eigenvalue weighted by molar-refractivity contribution is 6.32. The first kappa shape index (κ1) is 18.6. The zero-order chi connectivity index (χ0) is 19.7. The van der Waals surface area contributed by atoms with Crippen LogP contribution in [-0.4, -0.2) is 34.9 Å². The van der Waals surface area contributed by atoms with Crippen LogP contribution in [0.3, 0.4) is 0 Å². The molecule has 7 nitrogen and oxygen atoms in total. The molecular formula is C20H21ClN4O3. The number of hydrogen-bond acceptors (Lipinski definition) is 5. The van der Waals surface area contributed by atoms with E-state index in [0.717, 1.165) is 23.9 Å². The lowest BCUT2D eigenvalue weighted by molar-refractivity contribution is 0.102. The van der Waals surface area contributed by atoms with Gasteiger partial charge in [0, 0.05) is 17.6 Å². The van der Waals surface area contributed by atoms with Gasteiger partial charge in [-0.05, 0) is 25.0 Å². The van der Waals surface area contributed by atoms with Gasteiger partial charge in [0.25, 0.3) is 5.91 Å². The molecule has 0 saturated heterocycles. The maximum absolute atomic E-state index is 12.7. The molecule has 28 heavy (non-hydrogen) atoms. The molecule has 1 saturated carbocycles. The summed E-state index contributed by atoms with van der Waals surface area (Å²) in [5.41, 5.74) is 1.71. The first-order valence-electron chi connectivity index (χ1n) is 9.17. The Labute approximate surface area is 167 Å². The van der Waals surface area contributed by atoms with E-state index in [-0.39, 0.29) is 5.91 Å². The molecule has 1 aliphatic rings. The van der Waals surface area contributed by atoms with Crippen LogP contribution in [0.1, 0.15) is 42.1 Å². The summed E-state index contributed by atoms with van der Waals surface area (Å²) in [5, 5.41) is 8.54. The number of pyridine rings is 1. The van der Waals surface area contributed by atoms with Crippen LogP contribution in [0, 0.1) is 0 Å². The average Bonchev–Trinajstić information content (AvgIpc) is 3.37. The topological polar surface area (TPSA) is 78.3 Å². The molecule has 1 aliphatic carbocycles. The Morgan fingerprint density at radius 1 is 1.14 bits per heavy atom. The fourth-order valence-electron chi connectivity index (χ4n) is 3.63. The van der Waals surface area contributed by atoms with Crippen molar-refractivity contribution in [2.75, 3.05) is 19.5 Å². The minimum atomic E-state index is -0.303. The van der Waals surface area contributed by atoms with E-state index in [1.165, 1.54) is 27.1 Å². The number of aromatic nitrogens is 3. The van der Waals surface area contributed by atoms with Gasteiger partial charge in [-0.25, -0.2) is 9.67 Å².